The van der Waals surface area contributed by atoms with Gasteiger partial charge in [0.1, 0.15) is 5.75 Å². The van der Waals surface area contributed by atoms with Crippen molar-refractivity contribution in [3.05, 3.63) is 23.9 Å². The van der Waals surface area contributed by atoms with Gasteiger partial charge in [0, 0.05) is 18.1 Å². The third-order valence-corrected chi connectivity index (χ3v) is 5.03. The van der Waals surface area contributed by atoms with Crippen LogP contribution in [0.3, 0.4) is 0 Å². The Labute approximate surface area is 130 Å². The van der Waals surface area contributed by atoms with Gasteiger partial charge in [-0.25, -0.2) is 4.68 Å². The average molecular weight is 324 g/mol. The molecule has 1 atom stereocenters. The third-order valence-electron chi connectivity index (χ3n) is 3.89. The number of aryl methyl sites for hydroxylation is 1. The zero-order valence-corrected chi connectivity index (χ0v) is 13.6. The minimum Gasteiger partial charge on any atom is -0.382 e. The summed E-state index contributed by atoms with van der Waals surface area (Å²) in [5.74, 6) is 0.294. The van der Waals surface area contributed by atoms with Gasteiger partial charge in [-0.1, -0.05) is 0 Å². The van der Waals surface area contributed by atoms with Crippen molar-refractivity contribution in [3.8, 4) is 5.75 Å². The highest BCUT2D eigenvalue weighted by Crippen LogP contribution is 2.31. The molecule has 1 aromatic heterocycles. The van der Waals surface area contributed by atoms with Crippen molar-refractivity contribution in [2.75, 3.05) is 12.4 Å². The van der Waals surface area contributed by atoms with E-state index in [1.165, 1.54) is 0 Å². The Hall–Kier alpha value is -1.60. The Morgan fingerprint density at radius 3 is 2.91 bits per heavy atom. The fraction of sp³-hybridized carbons (Fsp3) is 0.533. The van der Waals surface area contributed by atoms with Crippen molar-refractivity contribution in [1.29, 1.82) is 0 Å². The Balaban J connectivity index is 2.02. The lowest BCUT2D eigenvalue weighted by atomic mass is 10.1. The molecule has 0 aliphatic carbocycles. The molecule has 2 heterocycles. The van der Waals surface area contributed by atoms with Crippen LogP contribution in [0, 0.1) is 6.92 Å². The monoisotopic (exact) mass is 324 g/mol. The lowest BCUT2D eigenvalue weighted by molar-refractivity contribution is -0.0366. The molecule has 0 radical (unpaired) electrons. The van der Waals surface area contributed by atoms with E-state index in [2.05, 4.69) is 5.10 Å². The molecule has 1 aromatic carbocycles. The maximum atomic E-state index is 11.7. The molecule has 1 aliphatic rings. The van der Waals surface area contributed by atoms with Crippen molar-refractivity contribution < 1.29 is 17.3 Å². The van der Waals surface area contributed by atoms with E-state index in [0.29, 0.717) is 5.75 Å². The number of aromatic nitrogens is 2. The molecule has 1 aliphatic heterocycles. The van der Waals surface area contributed by atoms with Gasteiger partial charge in [-0.15, -0.1) is 0 Å². The summed E-state index contributed by atoms with van der Waals surface area (Å²) >= 11 is 0. The second-order valence-corrected chi connectivity index (χ2v) is 7.38. The molecule has 0 bridgehead atoms. The zero-order chi connectivity index (χ0) is 15.7. The summed E-state index contributed by atoms with van der Waals surface area (Å²) in [5.41, 5.74) is 1.60. The molecule has 3 rings (SSSR count). The van der Waals surface area contributed by atoms with E-state index in [1.54, 1.807) is 19.2 Å². The van der Waals surface area contributed by atoms with E-state index in [9.17, 15) is 8.42 Å². The highest BCUT2D eigenvalue weighted by Gasteiger charge is 2.20. The van der Waals surface area contributed by atoms with Crippen LogP contribution in [-0.2, 0) is 14.9 Å². The molecule has 6 nitrogen and oxygen atoms in total. The molecular formula is C15H20N2O4S. The molecular weight excluding hydrogens is 304 g/mol. The highest BCUT2D eigenvalue weighted by molar-refractivity contribution is 7.87. The molecule has 120 valence electrons. The van der Waals surface area contributed by atoms with Crippen LogP contribution in [0.25, 0.3) is 10.9 Å². The lowest BCUT2D eigenvalue weighted by Crippen LogP contribution is -2.19. The van der Waals surface area contributed by atoms with Crippen LogP contribution in [0.1, 0.15) is 38.0 Å². The van der Waals surface area contributed by atoms with Gasteiger partial charge < -0.3 is 8.92 Å². The van der Waals surface area contributed by atoms with Gasteiger partial charge in [0.25, 0.3) is 0 Å². The Morgan fingerprint density at radius 2 is 2.23 bits per heavy atom. The molecule has 22 heavy (non-hydrogen) atoms. The molecule has 1 fully saturated rings. The number of ether oxygens (including phenoxy) is 1. The summed E-state index contributed by atoms with van der Waals surface area (Å²) in [6.07, 6.45) is 4.76. The molecule has 7 heteroatoms. The minimum atomic E-state index is -3.55. The maximum Gasteiger partial charge on any atom is 0.308 e. The topological polar surface area (TPSA) is 70.4 Å². The summed E-state index contributed by atoms with van der Waals surface area (Å²) in [6.45, 7) is 4.11. The second kappa shape index (κ2) is 5.89. The summed E-state index contributed by atoms with van der Waals surface area (Å²) < 4.78 is 36.2. The van der Waals surface area contributed by atoms with Gasteiger partial charge >= 0.3 is 10.1 Å². The van der Waals surface area contributed by atoms with E-state index in [4.69, 9.17) is 8.92 Å². The van der Waals surface area contributed by atoms with E-state index < -0.39 is 10.1 Å². The summed E-state index contributed by atoms with van der Waals surface area (Å²) in [6, 6.07) is 3.63. The number of hydrogen-bond donors (Lipinski definition) is 0. The minimum absolute atomic E-state index is 0.0600. The van der Waals surface area contributed by atoms with Crippen LogP contribution in [-0.4, -0.2) is 30.6 Å². The lowest BCUT2D eigenvalue weighted by Gasteiger charge is -2.23. The standard InChI is InChI=1S/C15H20N2O4S/c1-3-22(18,19)21-14-9-13-12(8-11(14)2)10-16-17(13)15-6-4-5-7-20-15/h8-10,15H,3-7H2,1-2H3. The van der Waals surface area contributed by atoms with Crippen molar-refractivity contribution in [3.63, 3.8) is 0 Å². The zero-order valence-electron chi connectivity index (χ0n) is 12.8. The predicted octanol–water partition coefficient (Wildman–Crippen LogP) is 2.77. The fourth-order valence-corrected chi connectivity index (χ4v) is 3.19. The molecule has 2 aromatic rings. The fourth-order valence-electron chi connectivity index (χ4n) is 2.62. The number of hydrogen-bond acceptors (Lipinski definition) is 5. The van der Waals surface area contributed by atoms with Crippen LogP contribution >= 0.6 is 0 Å². The molecule has 1 unspecified atom stereocenters. The molecule has 0 saturated carbocycles. The van der Waals surface area contributed by atoms with Gasteiger partial charge in [0.15, 0.2) is 6.23 Å². The maximum absolute atomic E-state index is 11.7. The van der Waals surface area contributed by atoms with Crippen molar-refractivity contribution >= 4 is 21.0 Å². The number of benzene rings is 1. The first-order valence-electron chi connectivity index (χ1n) is 7.52. The summed E-state index contributed by atoms with van der Waals surface area (Å²) in [4.78, 5) is 0. The summed E-state index contributed by atoms with van der Waals surface area (Å²) in [5, 5.41) is 5.36. The van der Waals surface area contributed by atoms with E-state index in [1.807, 2.05) is 17.7 Å². The largest absolute Gasteiger partial charge is 0.382 e. The van der Waals surface area contributed by atoms with Crippen LogP contribution in [0.15, 0.2) is 18.3 Å². The average Bonchev–Trinajstić information content (AvgIpc) is 2.91. The first-order valence-corrected chi connectivity index (χ1v) is 9.09. The smallest absolute Gasteiger partial charge is 0.308 e. The quantitative estimate of drug-likeness (QED) is 0.809. The van der Waals surface area contributed by atoms with Gasteiger partial charge in [0.05, 0.1) is 17.5 Å². The normalized spacial score (nSPS) is 19.5. The van der Waals surface area contributed by atoms with Gasteiger partial charge in [-0.2, -0.15) is 13.5 Å². The number of fused-ring (bicyclic) bond motifs is 1. The van der Waals surface area contributed by atoms with E-state index >= 15 is 0 Å². The van der Waals surface area contributed by atoms with Crippen LogP contribution < -0.4 is 4.18 Å². The van der Waals surface area contributed by atoms with Crippen molar-refractivity contribution in [1.82, 2.24) is 9.78 Å². The van der Waals surface area contributed by atoms with Crippen molar-refractivity contribution in [2.45, 2.75) is 39.3 Å². The molecule has 1 saturated heterocycles. The Bertz CT molecular complexity index is 776. The van der Waals surface area contributed by atoms with Crippen molar-refractivity contribution in [2.24, 2.45) is 0 Å². The van der Waals surface area contributed by atoms with Crippen LogP contribution in [0.2, 0.25) is 0 Å². The third kappa shape index (κ3) is 2.96. The van der Waals surface area contributed by atoms with Crippen LogP contribution in [0.4, 0.5) is 0 Å². The predicted molar refractivity (Wildman–Crippen MR) is 83.4 cm³/mol. The molecule has 0 amide bonds. The Morgan fingerprint density at radius 1 is 1.41 bits per heavy atom. The SMILES string of the molecule is CCS(=O)(=O)Oc1cc2c(cnn2C2CCCCO2)cc1C. The van der Waals surface area contributed by atoms with Gasteiger partial charge in [-0.05, 0) is 44.7 Å². The molecule has 0 N–H and O–H groups in total. The molecule has 0 spiro atoms. The van der Waals surface area contributed by atoms with Crippen LogP contribution in [0.5, 0.6) is 5.75 Å². The van der Waals surface area contributed by atoms with Gasteiger partial charge in [-0.3, -0.25) is 0 Å². The summed E-state index contributed by atoms with van der Waals surface area (Å²) in [7, 11) is -3.55. The number of rotatable bonds is 4. The highest BCUT2D eigenvalue weighted by atomic mass is 32.2. The Kier molecular flexibility index (Phi) is 4.10. The van der Waals surface area contributed by atoms with Gasteiger partial charge in [0.2, 0.25) is 0 Å². The first-order chi connectivity index (χ1) is 10.5. The van der Waals surface area contributed by atoms with E-state index in [-0.39, 0.29) is 12.0 Å². The van der Waals surface area contributed by atoms with E-state index in [0.717, 1.165) is 42.3 Å². The number of nitrogens with zero attached hydrogens (tertiary/aromatic N) is 2. The first kappa shape index (κ1) is 15.3. The second-order valence-electron chi connectivity index (χ2n) is 5.52.